The van der Waals surface area contributed by atoms with Gasteiger partial charge in [-0.05, 0) is 44.0 Å². The van der Waals surface area contributed by atoms with Gasteiger partial charge in [0.05, 0.1) is 22.8 Å². The summed E-state index contributed by atoms with van der Waals surface area (Å²) in [4.78, 5) is 31.8. The fourth-order valence-corrected chi connectivity index (χ4v) is 4.58. The standard InChI is InChI=1S/C23H23N5O2S/c1-15-13-20(29)24-18-9-5-6-10-19(18)27(15)21(30)14-31-23-25-22(16-11-12-16)28(26-23)17-7-3-2-4-8-17/h2-10,15-16H,11-14H2,1H3,(H,24,29). The van der Waals surface area contributed by atoms with Crippen LogP contribution in [0.1, 0.15) is 37.9 Å². The summed E-state index contributed by atoms with van der Waals surface area (Å²) < 4.78 is 1.90. The predicted molar refractivity (Wildman–Crippen MR) is 121 cm³/mol. The minimum Gasteiger partial charge on any atom is -0.324 e. The van der Waals surface area contributed by atoms with Crippen molar-refractivity contribution in [1.29, 1.82) is 0 Å². The number of hydrogen-bond acceptors (Lipinski definition) is 5. The van der Waals surface area contributed by atoms with Crippen molar-refractivity contribution in [2.24, 2.45) is 0 Å². The molecule has 0 bridgehead atoms. The summed E-state index contributed by atoms with van der Waals surface area (Å²) in [5.74, 6) is 1.46. The average molecular weight is 434 g/mol. The second-order valence-corrected chi connectivity index (χ2v) is 8.89. The first-order valence-electron chi connectivity index (χ1n) is 10.5. The van der Waals surface area contributed by atoms with Crippen molar-refractivity contribution in [1.82, 2.24) is 14.8 Å². The lowest BCUT2D eigenvalue weighted by molar-refractivity contribution is -0.117. The van der Waals surface area contributed by atoms with E-state index in [1.807, 2.05) is 66.2 Å². The Morgan fingerprint density at radius 2 is 1.87 bits per heavy atom. The van der Waals surface area contributed by atoms with Crippen LogP contribution in [0.5, 0.6) is 0 Å². The van der Waals surface area contributed by atoms with Crippen LogP contribution in [0, 0.1) is 0 Å². The van der Waals surface area contributed by atoms with Crippen LogP contribution in [-0.4, -0.2) is 38.4 Å². The Balaban J connectivity index is 1.37. The van der Waals surface area contributed by atoms with Gasteiger partial charge in [0.15, 0.2) is 0 Å². The van der Waals surface area contributed by atoms with Gasteiger partial charge in [-0.15, -0.1) is 5.10 Å². The second kappa shape index (κ2) is 8.19. The van der Waals surface area contributed by atoms with Gasteiger partial charge in [-0.3, -0.25) is 9.59 Å². The third-order valence-electron chi connectivity index (χ3n) is 5.51. The number of anilines is 2. The topological polar surface area (TPSA) is 80.1 Å². The quantitative estimate of drug-likeness (QED) is 0.615. The number of carbonyl (C=O) groups is 2. The van der Waals surface area contributed by atoms with E-state index in [0.717, 1.165) is 30.0 Å². The number of aromatic nitrogens is 3. The highest BCUT2D eigenvalue weighted by atomic mass is 32.2. The third-order valence-corrected chi connectivity index (χ3v) is 6.33. The lowest BCUT2D eigenvalue weighted by atomic mass is 10.2. The van der Waals surface area contributed by atoms with Gasteiger partial charge in [-0.1, -0.05) is 42.1 Å². The number of para-hydroxylation sites is 3. The Bertz CT molecular complexity index is 1130. The van der Waals surface area contributed by atoms with Crippen LogP contribution < -0.4 is 10.2 Å². The summed E-state index contributed by atoms with van der Waals surface area (Å²) in [5, 5.41) is 8.18. The zero-order valence-electron chi connectivity index (χ0n) is 17.2. The van der Waals surface area contributed by atoms with Crippen LogP contribution in [-0.2, 0) is 9.59 Å². The summed E-state index contributed by atoms with van der Waals surface area (Å²) in [5.41, 5.74) is 2.38. The van der Waals surface area contributed by atoms with Crippen molar-refractivity contribution < 1.29 is 9.59 Å². The maximum Gasteiger partial charge on any atom is 0.237 e. The molecular formula is C23H23N5O2S. The number of hydrogen-bond donors (Lipinski definition) is 1. The van der Waals surface area contributed by atoms with Gasteiger partial charge in [-0.2, -0.15) is 0 Å². The highest BCUT2D eigenvalue weighted by Gasteiger charge is 2.32. The minimum absolute atomic E-state index is 0.0644. The highest BCUT2D eigenvalue weighted by molar-refractivity contribution is 7.99. The van der Waals surface area contributed by atoms with E-state index in [-0.39, 0.29) is 30.0 Å². The first-order valence-corrected chi connectivity index (χ1v) is 11.4. The molecular weight excluding hydrogens is 410 g/mol. The van der Waals surface area contributed by atoms with Crippen LogP contribution in [0.3, 0.4) is 0 Å². The molecule has 1 N–H and O–H groups in total. The molecule has 0 radical (unpaired) electrons. The molecule has 1 aliphatic carbocycles. The van der Waals surface area contributed by atoms with Gasteiger partial charge < -0.3 is 10.2 Å². The Kier molecular flexibility index (Phi) is 5.23. The molecule has 2 aromatic carbocycles. The maximum atomic E-state index is 13.2. The van der Waals surface area contributed by atoms with Crippen molar-refractivity contribution in [3.05, 3.63) is 60.4 Å². The molecule has 2 aliphatic rings. The number of nitrogens with one attached hydrogen (secondary N) is 1. The van der Waals surface area contributed by atoms with Gasteiger partial charge >= 0.3 is 0 Å². The van der Waals surface area contributed by atoms with Gasteiger partial charge in [0, 0.05) is 18.4 Å². The van der Waals surface area contributed by atoms with Gasteiger partial charge in [0.2, 0.25) is 17.0 Å². The van der Waals surface area contributed by atoms with E-state index < -0.39 is 0 Å². The van der Waals surface area contributed by atoms with Gasteiger partial charge in [0.25, 0.3) is 0 Å². The largest absolute Gasteiger partial charge is 0.324 e. The Hall–Kier alpha value is -3.13. The third kappa shape index (κ3) is 4.07. The lowest BCUT2D eigenvalue weighted by Crippen LogP contribution is -2.40. The first-order chi connectivity index (χ1) is 15.1. The molecule has 0 spiro atoms. The van der Waals surface area contributed by atoms with Crippen LogP contribution in [0.2, 0.25) is 0 Å². The number of amides is 2. The number of rotatable bonds is 5. The molecule has 2 heterocycles. The Morgan fingerprint density at radius 1 is 1.13 bits per heavy atom. The van der Waals surface area contributed by atoms with E-state index in [1.54, 1.807) is 4.90 Å². The molecule has 1 saturated carbocycles. The fraction of sp³-hybridized carbons (Fsp3) is 0.304. The maximum absolute atomic E-state index is 13.2. The van der Waals surface area contributed by atoms with E-state index in [0.29, 0.717) is 16.8 Å². The van der Waals surface area contributed by atoms with E-state index in [1.165, 1.54) is 11.8 Å². The smallest absolute Gasteiger partial charge is 0.237 e. The normalized spacial score (nSPS) is 18.3. The summed E-state index contributed by atoms with van der Waals surface area (Å²) in [7, 11) is 0. The molecule has 1 atom stereocenters. The number of benzene rings is 2. The van der Waals surface area contributed by atoms with Crippen LogP contribution >= 0.6 is 11.8 Å². The summed E-state index contributed by atoms with van der Waals surface area (Å²) >= 11 is 1.34. The fourth-order valence-electron chi connectivity index (χ4n) is 3.89. The predicted octanol–water partition coefficient (Wildman–Crippen LogP) is 4.00. The van der Waals surface area contributed by atoms with Crippen LogP contribution in [0.25, 0.3) is 5.69 Å². The minimum atomic E-state index is -0.228. The molecule has 1 aliphatic heterocycles. The second-order valence-electron chi connectivity index (χ2n) is 7.95. The molecule has 1 fully saturated rings. The van der Waals surface area contributed by atoms with E-state index in [9.17, 15) is 9.59 Å². The molecule has 5 rings (SSSR count). The van der Waals surface area contributed by atoms with Crippen molar-refractivity contribution in [3.63, 3.8) is 0 Å². The molecule has 3 aromatic rings. The zero-order chi connectivity index (χ0) is 21.4. The van der Waals surface area contributed by atoms with Crippen LogP contribution in [0.4, 0.5) is 11.4 Å². The van der Waals surface area contributed by atoms with E-state index in [4.69, 9.17) is 4.98 Å². The molecule has 7 nitrogen and oxygen atoms in total. The van der Waals surface area contributed by atoms with E-state index in [2.05, 4.69) is 10.4 Å². The Morgan fingerprint density at radius 3 is 2.65 bits per heavy atom. The van der Waals surface area contributed by atoms with Crippen molar-refractivity contribution in [2.75, 3.05) is 16.0 Å². The number of fused-ring (bicyclic) bond motifs is 1. The number of nitrogens with zero attached hydrogens (tertiary/aromatic N) is 4. The van der Waals surface area contributed by atoms with Gasteiger partial charge in [-0.25, -0.2) is 9.67 Å². The SMILES string of the molecule is CC1CC(=O)Nc2ccccc2N1C(=O)CSc1nc(C2CC2)n(-c2ccccc2)n1. The number of thioether (sulfide) groups is 1. The van der Waals surface area contributed by atoms with Crippen LogP contribution in [0.15, 0.2) is 59.8 Å². The molecule has 0 saturated heterocycles. The Labute approximate surface area is 184 Å². The molecule has 2 amide bonds. The zero-order valence-corrected chi connectivity index (χ0v) is 18.0. The summed E-state index contributed by atoms with van der Waals surface area (Å²) in [6.07, 6.45) is 2.51. The monoisotopic (exact) mass is 433 g/mol. The van der Waals surface area contributed by atoms with Gasteiger partial charge in [0.1, 0.15) is 5.82 Å². The molecule has 31 heavy (non-hydrogen) atoms. The molecule has 158 valence electrons. The highest BCUT2D eigenvalue weighted by Crippen LogP contribution is 2.40. The van der Waals surface area contributed by atoms with Crippen molar-refractivity contribution >= 4 is 35.0 Å². The molecule has 1 unspecified atom stereocenters. The molecule has 8 heteroatoms. The van der Waals surface area contributed by atoms with Crippen molar-refractivity contribution in [3.8, 4) is 5.69 Å². The summed E-state index contributed by atoms with van der Waals surface area (Å²) in [6.45, 7) is 1.90. The number of carbonyl (C=O) groups excluding carboxylic acids is 2. The van der Waals surface area contributed by atoms with Crippen molar-refractivity contribution in [2.45, 2.75) is 43.3 Å². The molecule has 1 aromatic heterocycles. The summed E-state index contributed by atoms with van der Waals surface area (Å²) in [6, 6.07) is 17.2. The van der Waals surface area contributed by atoms with E-state index >= 15 is 0 Å². The lowest BCUT2D eigenvalue weighted by Gasteiger charge is -2.27. The first kappa shape index (κ1) is 19.8. The average Bonchev–Trinajstić information content (AvgIpc) is 3.54.